The largest absolute Gasteiger partial charge is 0.350 e. The lowest BCUT2D eigenvalue weighted by atomic mass is 10.2. The third kappa shape index (κ3) is 3.28. The molecule has 2 rings (SSSR count). The lowest BCUT2D eigenvalue weighted by molar-refractivity contribution is 0.0950. The topological polar surface area (TPSA) is 58.9 Å². The molecule has 0 aliphatic carbocycles. The van der Waals surface area contributed by atoms with E-state index in [2.05, 4.69) is 15.7 Å². The maximum absolute atomic E-state index is 13.8. The van der Waals surface area contributed by atoms with Gasteiger partial charge in [-0.2, -0.15) is 5.10 Å². The van der Waals surface area contributed by atoms with Gasteiger partial charge in [0, 0.05) is 12.6 Å². The molecule has 0 aliphatic heterocycles. The smallest absolute Gasteiger partial charge is 0.254 e. The van der Waals surface area contributed by atoms with E-state index in [1.807, 2.05) is 14.0 Å². The van der Waals surface area contributed by atoms with E-state index in [0.717, 1.165) is 0 Å². The third-order valence-corrected chi connectivity index (χ3v) is 3.40. The van der Waals surface area contributed by atoms with Crippen LogP contribution < -0.4 is 10.6 Å². The van der Waals surface area contributed by atoms with Gasteiger partial charge in [-0.15, -0.1) is 0 Å². The van der Waals surface area contributed by atoms with Crippen LogP contribution in [0.2, 0.25) is 0 Å². The molecule has 112 valence electrons. The number of nitrogens with zero attached hydrogens (tertiary/aromatic N) is 2. The lowest BCUT2D eigenvalue weighted by Crippen LogP contribution is -2.37. The molecular formula is C15H19FN4O. The van der Waals surface area contributed by atoms with E-state index in [1.54, 1.807) is 25.1 Å². The zero-order valence-corrected chi connectivity index (χ0v) is 12.4. The number of amides is 1. The van der Waals surface area contributed by atoms with Crippen LogP contribution in [0, 0.1) is 12.7 Å². The Balaban J connectivity index is 2.21. The molecule has 0 saturated heterocycles. The molecule has 1 amide bonds. The standard InChI is InChI=1S/C15H19FN4O/c1-10(17-3)8-18-15(21)12-9-19-20(11(12)2)14-7-5-4-6-13(14)16/h4-7,9-10,17H,8H2,1-3H3,(H,18,21). The number of para-hydroxylation sites is 1. The maximum atomic E-state index is 13.8. The van der Waals surface area contributed by atoms with Gasteiger partial charge in [-0.05, 0) is 33.0 Å². The summed E-state index contributed by atoms with van der Waals surface area (Å²) in [6.07, 6.45) is 1.46. The Morgan fingerprint density at radius 1 is 1.43 bits per heavy atom. The molecule has 0 fully saturated rings. The highest BCUT2D eigenvalue weighted by atomic mass is 19.1. The Hall–Kier alpha value is -2.21. The minimum absolute atomic E-state index is 0.177. The van der Waals surface area contributed by atoms with Crippen LogP contribution >= 0.6 is 0 Å². The van der Waals surface area contributed by atoms with E-state index < -0.39 is 0 Å². The van der Waals surface area contributed by atoms with Crippen molar-refractivity contribution < 1.29 is 9.18 Å². The molecule has 0 aliphatic rings. The van der Waals surface area contributed by atoms with Crippen molar-refractivity contribution >= 4 is 5.91 Å². The average Bonchev–Trinajstić information content (AvgIpc) is 2.86. The van der Waals surface area contributed by atoms with E-state index in [9.17, 15) is 9.18 Å². The van der Waals surface area contributed by atoms with Crippen molar-refractivity contribution in [1.29, 1.82) is 0 Å². The second kappa shape index (κ2) is 6.49. The highest BCUT2D eigenvalue weighted by Crippen LogP contribution is 2.16. The second-order valence-electron chi connectivity index (χ2n) is 4.91. The number of nitrogens with one attached hydrogen (secondary N) is 2. The lowest BCUT2D eigenvalue weighted by Gasteiger charge is -2.11. The predicted molar refractivity (Wildman–Crippen MR) is 79.1 cm³/mol. The molecule has 0 saturated carbocycles. The number of hydrogen-bond donors (Lipinski definition) is 2. The zero-order chi connectivity index (χ0) is 15.4. The van der Waals surface area contributed by atoms with E-state index in [-0.39, 0.29) is 17.8 Å². The number of halogens is 1. The number of carbonyl (C=O) groups excluding carboxylic acids is 1. The van der Waals surface area contributed by atoms with Gasteiger partial charge in [0.25, 0.3) is 5.91 Å². The molecule has 1 unspecified atom stereocenters. The number of rotatable bonds is 5. The summed E-state index contributed by atoms with van der Waals surface area (Å²) >= 11 is 0. The number of likely N-dealkylation sites (N-methyl/N-ethyl adjacent to an activating group) is 1. The molecule has 1 heterocycles. The van der Waals surface area contributed by atoms with Gasteiger partial charge >= 0.3 is 0 Å². The Morgan fingerprint density at radius 3 is 2.81 bits per heavy atom. The van der Waals surface area contributed by atoms with Gasteiger partial charge in [-0.3, -0.25) is 4.79 Å². The monoisotopic (exact) mass is 290 g/mol. The van der Waals surface area contributed by atoms with Crippen molar-refractivity contribution in [2.45, 2.75) is 19.9 Å². The van der Waals surface area contributed by atoms with Crippen molar-refractivity contribution in [1.82, 2.24) is 20.4 Å². The summed E-state index contributed by atoms with van der Waals surface area (Å²) in [5.74, 6) is -0.586. The summed E-state index contributed by atoms with van der Waals surface area (Å²) < 4.78 is 15.2. The van der Waals surface area contributed by atoms with Crippen LogP contribution in [-0.2, 0) is 0 Å². The Morgan fingerprint density at radius 2 is 2.14 bits per heavy atom. The van der Waals surface area contributed by atoms with Crippen molar-refractivity contribution in [2.24, 2.45) is 0 Å². The van der Waals surface area contributed by atoms with Crippen molar-refractivity contribution in [3.8, 4) is 5.69 Å². The van der Waals surface area contributed by atoms with Gasteiger partial charge < -0.3 is 10.6 Å². The van der Waals surface area contributed by atoms with Gasteiger partial charge in [0.05, 0.1) is 17.5 Å². The van der Waals surface area contributed by atoms with Crippen LogP contribution in [0.3, 0.4) is 0 Å². The third-order valence-electron chi connectivity index (χ3n) is 3.40. The quantitative estimate of drug-likeness (QED) is 0.880. The van der Waals surface area contributed by atoms with E-state index in [1.165, 1.54) is 16.9 Å². The van der Waals surface area contributed by atoms with Gasteiger partial charge in [0.1, 0.15) is 11.5 Å². The first-order chi connectivity index (χ1) is 10.0. The summed E-state index contributed by atoms with van der Waals surface area (Å²) in [4.78, 5) is 12.1. The summed E-state index contributed by atoms with van der Waals surface area (Å²) in [7, 11) is 1.83. The van der Waals surface area contributed by atoms with Gasteiger partial charge in [-0.1, -0.05) is 12.1 Å². The summed E-state index contributed by atoms with van der Waals surface area (Å²) in [5.41, 5.74) is 1.38. The highest BCUT2D eigenvalue weighted by molar-refractivity contribution is 5.95. The zero-order valence-electron chi connectivity index (χ0n) is 12.4. The van der Waals surface area contributed by atoms with Gasteiger partial charge in [0.2, 0.25) is 0 Å². The van der Waals surface area contributed by atoms with Crippen molar-refractivity contribution in [3.05, 3.63) is 47.5 Å². The molecule has 1 atom stereocenters. The van der Waals surface area contributed by atoms with Crippen LogP contribution in [0.25, 0.3) is 5.69 Å². The molecule has 0 radical (unpaired) electrons. The fourth-order valence-electron chi connectivity index (χ4n) is 1.94. The van der Waals surface area contributed by atoms with Gasteiger partial charge in [0.15, 0.2) is 0 Å². The molecule has 2 N–H and O–H groups in total. The summed E-state index contributed by atoms with van der Waals surface area (Å²) in [6.45, 7) is 4.23. The normalized spacial score (nSPS) is 12.2. The molecule has 0 spiro atoms. The molecule has 5 nitrogen and oxygen atoms in total. The maximum Gasteiger partial charge on any atom is 0.254 e. The average molecular weight is 290 g/mol. The molecule has 6 heteroatoms. The minimum atomic E-state index is -0.375. The minimum Gasteiger partial charge on any atom is -0.350 e. The first-order valence-electron chi connectivity index (χ1n) is 6.79. The van der Waals surface area contributed by atoms with Crippen LogP contribution in [0.1, 0.15) is 23.0 Å². The van der Waals surface area contributed by atoms with E-state index >= 15 is 0 Å². The number of hydrogen-bond acceptors (Lipinski definition) is 3. The van der Waals surface area contributed by atoms with Crippen molar-refractivity contribution in [3.63, 3.8) is 0 Å². The molecule has 21 heavy (non-hydrogen) atoms. The summed E-state index contributed by atoms with van der Waals surface area (Å²) in [6, 6.07) is 6.51. The SMILES string of the molecule is CNC(C)CNC(=O)c1cnn(-c2ccccc2F)c1C. The molecule has 0 bridgehead atoms. The van der Waals surface area contributed by atoms with Crippen LogP contribution in [0.5, 0.6) is 0 Å². The molecule has 2 aromatic rings. The number of aromatic nitrogens is 2. The summed E-state index contributed by atoms with van der Waals surface area (Å²) in [5, 5.41) is 9.98. The van der Waals surface area contributed by atoms with E-state index in [0.29, 0.717) is 23.5 Å². The second-order valence-corrected chi connectivity index (χ2v) is 4.91. The Labute approximate surface area is 123 Å². The van der Waals surface area contributed by atoms with Crippen LogP contribution in [0.15, 0.2) is 30.5 Å². The van der Waals surface area contributed by atoms with E-state index in [4.69, 9.17) is 0 Å². The predicted octanol–water partition coefficient (Wildman–Crippen LogP) is 1.66. The molecule has 1 aromatic carbocycles. The fourth-order valence-corrected chi connectivity index (χ4v) is 1.94. The Kier molecular flexibility index (Phi) is 4.70. The van der Waals surface area contributed by atoms with Crippen LogP contribution in [-0.4, -0.2) is 35.3 Å². The highest BCUT2D eigenvalue weighted by Gasteiger charge is 2.16. The number of carbonyl (C=O) groups is 1. The first kappa shape index (κ1) is 15.2. The van der Waals surface area contributed by atoms with Crippen molar-refractivity contribution in [2.75, 3.05) is 13.6 Å². The molecular weight excluding hydrogens is 271 g/mol. The molecule has 1 aromatic heterocycles. The van der Waals surface area contributed by atoms with Gasteiger partial charge in [-0.25, -0.2) is 9.07 Å². The van der Waals surface area contributed by atoms with Crippen LogP contribution in [0.4, 0.5) is 4.39 Å². The Bertz CT molecular complexity index is 638. The number of benzene rings is 1. The first-order valence-corrected chi connectivity index (χ1v) is 6.79. The fraction of sp³-hybridized carbons (Fsp3) is 0.333.